The third kappa shape index (κ3) is 203. The highest BCUT2D eigenvalue weighted by atomic mass is 16.4. The van der Waals surface area contributed by atoms with Crippen molar-refractivity contribution in [3.05, 3.63) is 0 Å². The first-order chi connectivity index (χ1) is 13.8. The fraction of sp³-hybridized carbons (Fsp3) is 0.818. The van der Waals surface area contributed by atoms with Crippen molar-refractivity contribution in [1.82, 2.24) is 0 Å². The van der Waals surface area contributed by atoms with E-state index in [0.29, 0.717) is 0 Å². The molecule has 30 heavy (non-hydrogen) atoms. The molecule has 0 spiro atoms. The molecule has 0 unspecified atom stereocenters. The van der Waals surface area contributed by atoms with Crippen LogP contribution in [0.4, 0.5) is 0 Å². The maximum Gasteiger partial charge on any atom is 0.300 e. The van der Waals surface area contributed by atoms with Gasteiger partial charge in [-0.1, -0.05) is 90.9 Å². The van der Waals surface area contributed by atoms with Gasteiger partial charge in [0.2, 0.25) is 0 Å². The van der Waals surface area contributed by atoms with Gasteiger partial charge in [-0.3, -0.25) is 19.2 Å². The Bertz CT molecular complexity index is 305. The Hall–Kier alpha value is -2.12. The molecular formula is C22H46O8. The summed E-state index contributed by atoms with van der Waals surface area (Å²) in [4.78, 5) is 36.0. The van der Waals surface area contributed by atoms with Crippen LogP contribution in [-0.4, -0.2) is 44.3 Å². The second-order valence-corrected chi connectivity index (χ2v) is 6.61. The highest BCUT2D eigenvalue weighted by molar-refractivity contribution is 5.63. The van der Waals surface area contributed by atoms with Crippen LogP contribution in [0.25, 0.3) is 0 Å². The van der Waals surface area contributed by atoms with E-state index in [1.807, 2.05) is 0 Å². The van der Waals surface area contributed by atoms with Crippen LogP contribution in [0, 0.1) is 0 Å². The summed E-state index contributed by atoms with van der Waals surface area (Å²) in [5, 5.41) is 29.7. The third-order valence-corrected chi connectivity index (χ3v) is 2.96. The van der Waals surface area contributed by atoms with Gasteiger partial charge < -0.3 is 20.4 Å². The van der Waals surface area contributed by atoms with Gasteiger partial charge in [-0.15, -0.1) is 0 Å². The Morgan fingerprint density at radius 3 is 0.600 bits per heavy atom. The molecule has 0 aliphatic rings. The van der Waals surface area contributed by atoms with Crippen LogP contribution in [0.2, 0.25) is 0 Å². The first-order valence-electron chi connectivity index (χ1n) is 10.6. The van der Waals surface area contributed by atoms with Gasteiger partial charge in [-0.05, 0) is 0 Å². The monoisotopic (exact) mass is 438 g/mol. The smallest absolute Gasteiger partial charge is 0.300 e. The van der Waals surface area contributed by atoms with Gasteiger partial charge in [-0.2, -0.15) is 0 Å². The van der Waals surface area contributed by atoms with Gasteiger partial charge in [0.05, 0.1) is 0 Å². The lowest BCUT2D eigenvalue weighted by Crippen LogP contribution is -1.81. The lowest BCUT2D eigenvalue weighted by molar-refractivity contribution is -0.135. The van der Waals surface area contributed by atoms with Gasteiger partial charge in [-0.25, -0.2) is 0 Å². The largest absolute Gasteiger partial charge is 0.481 e. The Morgan fingerprint density at radius 1 is 0.400 bits per heavy atom. The molecule has 8 nitrogen and oxygen atoms in total. The minimum atomic E-state index is -0.833. The zero-order chi connectivity index (χ0) is 24.8. The fourth-order valence-electron chi connectivity index (χ4n) is 1.91. The Kier molecular flexibility index (Phi) is 48.2. The fourth-order valence-corrected chi connectivity index (χ4v) is 1.91. The van der Waals surface area contributed by atoms with E-state index < -0.39 is 23.9 Å². The molecule has 0 aromatic rings. The molecule has 4 N–H and O–H groups in total. The van der Waals surface area contributed by atoms with Crippen molar-refractivity contribution in [2.45, 2.75) is 119 Å². The standard InChI is InChI=1S/C14H30.4C2H4O2/c1-3-5-7-9-11-13-14-12-10-8-6-4-2;4*1-2(3)4/h3-14H2,1-2H3;4*1H3,(H,3,4). The number of aliphatic carboxylic acids is 4. The van der Waals surface area contributed by atoms with Crippen LogP contribution in [0.1, 0.15) is 119 Å². The van der Waals surface area contributed by atoms with E-state index in [4.69, 9.17) is 39.6 Å². The molecule has 182 valence electrons. The second kappa shape index (κ2) is 37.6. The average molecular weight is 439 g/mol. The van der Waals surface area contributed by atoms with Crippen molar-refractivity contribution < 1.29 is 39.6 Å². The van der Waals surface area contributed by atoms with Crippen LogP contribution < -0.4 is 0 Å². The van der Waals surface area contributed by atoms with E-state index in [9.17, 15) is 0 Å². The van der Waals surface area contributed by atoms with Crippen LogP contribution in [0.5, 0.6) is 0 Å². The highest BCUT2D eigenvalue weighted by Gasteiger charge is 1.91. The molecule has 0 atom stereocenters. The van der Waals surface area contributed by atoms with E-state index in [1.165, 1.54) is 77.0 Å². The predicted octanol–water partition coefficient (Wildman–Crippen LogP) is 6.07. The quantitative estimate of drug-likeness (QED) is 0.284. The maximum absolute atomic E-state index is 9.00. The first kappa shape index (κ1) is 38.5. The van der Waals surface area contributed by atoms with Crippen molar-refractivity contribution in [1.29, 1.82) is 0 Å². The Morgan fingerprint density at radius 2 is 0.500 bits per heavy atom. The molecule has 0 saturated heterocycles. The third-order valence-electron chi connectivity index (χ3n) is 2.96. The minimum Gasteiger partial charge on any atom is -0.481 e. The summed E-state index contributed by atoms with van der Waals surface area (Å²) in [5.41, 5.74) is 0. The molecule has 0 aliphatic carbocycles. The normalized spacial score (nSPS) is 8.33. The molecule has 0 aliphatic heterocycles. The van der Waals surface area contributed by atoms with Crippen LogP contribution in [0.15, 0.2) is 0 Å². The highest BCUT2D eigenvalue weighted by Crippen LogP contribution is 2.11. The topological polar surface area (TPSA) is 149 Å². The van der Waals surface area contributed by atoms with Crippen molar-refractivity contribution in [3.63, 3.8) is 0 Å². The lowest BCUT2D eigenvalue weighted by atomic mass is 10.1. The van der Waals surface area contributed by atoms with Gasteiger partial charge in [0.1, 0.15) is 0 Å². The Balaban J connectivity index is -0.000000106. The number of carboxylic acids is 4. The van der Waals surface area contributed by atoms with Crippen molar-refractivity contribution in [2.75, 3.05) is 0 Å². The number of carboxylic acid groups (broad SMARTS) is 4. The van der Waals surface area contributed by atoms with Gasteiger partial charge >= 0.3 is 0 Å². The SMILES string of the molecule is CC(=O)O.CC(=O)O.CC(=O)O.CC(=O)O.CCCCCCCCCCCCCC. The Labute approximate surface area is 182 Å². The van der Waals surface area contributed by atoms with E-state index in [1.54, 1.807) is 0 Å². The molecule has 0 aromatic carbocycles. The zero-order valence-electron chi connectivity index (χ0n) is 19.9. The van der Waals surface area contributed by atoms with Crippen LogP contribution >= 0.6 is 0 Å². The molecule has 8 heteroatoms. The van der Waals surface area contributed by atoms with E-state index in [0.717, 1.165) is 27.7 Å². The number of unbranched alkanes of at least 4 members (excludes halogenated alkanes) is 11. The molecule has 0 aromatic heterocycles. The number of hydrogen-bond acceptors (Lipinski definition) is 4. The van der Waals surface area contributed by atoms with Crippen molar-refractivity contribution in [3.8, 4) is 0 Å². The minimum absolute atomic E-state index is 0.833. The average Bonchev–Trinajstić information content (AvgIpc) is 2.54. The molecule has 0 heterocycles. The van der Waals surface area contributed by atoms with E-state index >= 15 is 0 Å². The lowest BCUT2D eigenvalue weighted by Gasteiger charge is -2.01. The summed E-state index contributed by atoms with van der Waals surface area (Å²) in [5.74, 6) is -3.33. The maximum atomic E-state index is 9.00. The summed E-state index contributed by atoms with van der Waals surface area (Å²) >= 11 is 0. The van der Waals surface area contributed by atoms with Crippen LogP contribution in [-0.2, 0) is 19.2 Å². The summed E-state index contributed by atoms with van der Waals surface area (Å²) in [6, 6.07) is 0. The van der Waals surface area contributed by atoms with Gasteiger partial charge in [0.15, 0.2) is 0 Å². The molecular weight excluding hydrogens is 392 g/mol. The van der Waals surface area contributed by atoms with Gasteiger partial charge in [0, 0.05) is 27.7 Å². The molecule has 0 saturated carbocycles. The summed E-state index contributed by atoms with van der Waals surface area (Å²) < 4.78 is 0. The summed E-state index contributed by atoms with van der Waals surface area (Å²) in [6.07, 6.45) is 17.4. The van der Waals surface area contributed by atoms with Gasteiger partial charge in [0.25, 0.3) is 23.9 Å². The molecule has 0 bridgehead atoms. The van der Waals surface area contributed by atoms with E-state index in [-0.39, 0.29) is 0 Å². The van der Waals surface area contributed by atoms with Crippen molar-refractivity contribution >= 4 is 23.9 Å². The number of carbonyl (C=O) groups is 4. The number of hydrogen-bond donors (Lipinski definition) is 4. The second-order valence-electron chi connectivity index (χ2n) is 6.61. The van der Waals surface area contributed by atoms with Crippen LogP contribution in [0.3, 0.4) is 0 Å². The molecule has 0 amide bonds. The van der Waals surface area contributed by atoms with Crippen molar-refractivity contribution in [2.24, 2.45) is 0 Å². The summed E-state index contributed by atoms with van der Waals surface area (Å²) in [7, 11) is 0. The molecule has 0 rings (SSSR count). The predicted molar refractivity (Wildman–Crippen MR) is 120 cm³/mol. The first-order valence-corrected chi connectivity index (χ1v) is 10.6. The molecule has 0 radical (unpaired) electrons. The van der Waals surface area contributed by atoms with E-state index in [2.05, 4.69) is 13.8 Å². The summed E-state index contributed by atoms with van der Waals surface area (Å²) in [6.45, 7) is 8.90. The number of rotatable bonds is 11. The molecule has 0 fully saturated rings. The zero-order valence-corrected chi connectivity index (χ0v) is 19.9.